The van der Waals surface area contributed by atoms with E-state index in [1.807, 2.05) is 42.3 Å². The largest absolute Gasteiger partial charge is 0.497 e. The number of benzene rings is 1. The van der Waals surface area contributed by atoms with Gasteiger partial charge in [-0.1, -0.05) is 11.8 Å². The van der Waals surface area contributed by atoms with Crippen molar-refractivity contribution < 1.29 is 9.53 Å². The van der Waals surface area contributed by atoms with Crippen LogP contribution in [0, 0.1) is 6.92 Å². The van der Waals surface area contributed by atoms with Crippen molar-refractivity contribution in [2.24, 2.45) is 0 Å². The fourth-order valence-corrected chi connectivity index (χ4v) is 3.96. The minimum absolute atomic E-state index is 0.0819. The predicted molar refractivity (Wildman–Crippen MR) is 118 cm³/mol. The van der Waals surface area contributed by atoms with Crippen LogP contribution in [0.5, 0.6) is 5.75 Å². The van der Waals surface area contributed by atoms with Crippen molar-refractivity contribution in [2.75, 3.05) is 43.2 Å². The Bertz CT molecular complexity index is 1070. The molecule has 1 fully saturated rings. The molecule has 1 aromatic carbocycles. The first-order valence-electron chi connectivity index (χ1n) is 9.73. The first-order valence-corrected chi connectivity index (χ1v) is 11.0. The lowest BCUT2D eigenvalue weighted by Crippen LogP contribution is -2.55. The molecule has 1 saturated heterocycles. The van der Waals surface area contributed by atoms with Crippen molar-refractivity contribution >= 4 is 35.1 Å². The number of carbonyl (C=O) groups is 1. The van der Waals surface area contributed by atoms with E-state index in [0.29, 0.717) is 24.8 Å². The number of urea groups is 1. The molecule has 1 aliphatic rings. The zero-order chi connectivity index (χ0) is 21.3. The van der Waals surface area contributed by atoms with Gasteiger partial charge in [-0.05, 0) is 43.9 Å². The summed E-state index contributed by atoms with van der Waals surface area (Å²) in [6.45, 7) is 5.88. The van der Waals surface area contributed by atoms with Crippen molar-refractivity contribution in [1.82, 2.24) is 24.5 Å². The van der Waals surface area contributed by atoms with Gasteiger partial charge in [0, 0.05) is 37.4 Å². The zero-order valence-corrected chi connectivity index (χ0v) is 18.3. The molecule has 1 atom stereocenters. The topological polar surface area (TPSA) is 87.9 Å². The average Bonchev–Trinajstić information content (AvgIpc) is 3.23. The van der Waals surface area contributed by atoms with E-state index >= 15 is 0 Å². The maximum absolute atomic E-state index is 12.9. The summed E-state index contributed by atoms with van der Waals surface area (Å²) in [4.78, 5) is 26.0. The number of hydrogen-bond acceptors (Lipinski definition) is 7. The highest BCUT2D eigenvalue weighted by Gasteiger charge is 2.29. The Balaban J connectivity index is 1.48. The second-order valence-electron chi connectivity index (χ2n) is 7.21. The summed E-state index contributed by atoms with van der Waals surface area (Å²) in [5.74, 6) is 1.53. The summed E-state index contributed by atoms with van der Waals surface area (Å²) in [7, 11) is 1.63. The molecule has 0 radical (unpaired) electrons. The lowest BCUT2D eigenvalue weighted by molar-refractivity contribution is 0.199. The highest BCUT2D eigenvalue weighted by atomic mass is 32.2. The van der Waals surface area contributed by atoms with E-state index in [1.54, 1.807) is 17.8 Å². The van der Waals surface area contributed by atoms with Crippen LogP contribution >= 0.6 is 11.8 Å². The molecule has 30 heavy (non-hydrogen) atoms. The lowest BCUT2D eigenvalue weighted by atomic mass is 10.2. The van der Waals surface area contributed by atoms with Gasteiger partial charge in [0.25, 0.3) is 0 Å². The summed E-state index contributed by atoms with van der Waals surface area (Å²) >= 11 is 1.50. The summed E-state index contributed by atoms with van der Waals surface area (Å²) in [5, 5.41) is 8.10. The number of fused-ring (bicyclic) bond motifs is 1. The van der Waals surface area contributed by atoms with Crippen LogP contribution in [-0.4, -0.2) is 69.6 Å². The third kappa shape index (κ3) is 3.87. The van der Waals surface area contributed by atoms with Gasteiger partial charge in [-0.15, -0.1) is 0 Å². The monoisotopic (exact) mass is 427 g/mol. The van der Waals surface area contributed by atoms with Gasteiger partial charge in [0.2, 0.25) is 5.95 Å². The van der Waals surface area contributed by atoms with Gasteiger partial charge in [-0.25, -0.2) is 9.78 Å². The number of aryl methyl sites for hydroxylation is 1. The van der Waals surface area contributed by atoms with Crippen LogP contribution in [0.1, 0.15) is 12.5 Å². The molecule has 0 spiro atoms. The van der Waals surface area contributed by atoms with Crippen molar-refractivity contribution in [2.45, 2.75) is 25.0 Å². The Hall–Kier alpha value is -3.01. The molecular weight excluding hydrogens is 402 g/mol. The summed E-state index contributed by atoms with van der Waals surface area (Å²) < 4.78 is 6.99. The number of methoxy groups -OCH3 is 1. The fourth-order valence-electron chi connectivity index (χ4n) is 3.61. The highest BCUT2D eigenvalue weighted by Crippen LogP contribution is 2.24. The Morgan fingerprint density at radius 1 is 1.27 bits per heavy atom. The third-order valence-corrected chi connectivity index (χ3v) is 5.80. The van der Waals surface area contributed by atoms with Crippen LogP contribution in [0.2, 0.25) is 0 Å². The van der Waals surface area contributed by atoms with E-state index < -0.39 is 0 Å². The molecule has 0 bridgehead atoms. The normalized spacial score (nSPS) is 16.7. The number of amides is 2. The number of nitrogens with zero attached hydrogens (tertiary/aromatic N) is 6. The molecule has 1 N–H and O–H groups in total. The Kier molecular flexibility index (Phi) is 5.67. The van der Waals surface area contributed by atoms with E-state index in [2.05, 4.69) is 32.2 Å². The van der Waals surface area contributed by atoms with Crippen LogP contribution in [0.25, 0.3) is 5.65 Å². The molecule has 4 rings (SSSR count). The minimum Gasteiger partial charge on any atom is -0.497 e. The van der Waals surface area contributed by atoms with Crippen LogP contribution in [0.4, 0.5) is 16.4 Å². The van der Waals surface area contributed by atoms with Crippen molar-refractivity contribution in [3.63, 3.8) is 0 Å². The quantitative estimate of drug-likeness (QED) is 0.641. The van der Waals surface area contributed by atoms with E-state index in [-0.39, 0.29) is 12.1 Å². The second-order valence-corrected chi connectivity index (χ2v) is 7.98. The smallest absolute Gasteiger partial charge is 0.321 e. The maximum atomic E-state index is 12.9. The van der Waals surface area contributed by atoms with Gasteiger partial charge in [0.15, 0.2) is 10.8 Å². The van der Waals surface area contributed by atoms with Gasteiger partial charge in [-0.3, -0.25) is 0 Å². The molecule has 3 heterocycles. The van der Waals surface area contributed by atoms with Crippen LogP contribution in [-0.2, 0) is 0 Å². The van der Waals surface area contributed by atoms with Crippen molar-refractivity contribution in [1.29, 1.82) is 0 Å². The van der Waals surface area contributed by atoms with Gasteiger partial charge in [0.1, 0.15) is 5.75 Å². The van der Waals surface area contributed by atoms with E-state index in [1.165, 1.54) is 11.8 Å². The molecule has 3 aromatic rings. The number of rotatable bonds is 4. The Morgan fingerprint density at radius 2 is 2.10 bits per heavy atom. The molecule has 2 amide bonds. The second kappa shape index (κ2) is 8.39. The SMILES string of the molecule is COc1ccc(NC(=O)N2CCN(c3nc(SC)nc4ccnn34)C(C)C2)c(C)c1. The van der Waals surface area contributed by atoms with E-state index in [4.69, 9.17) is 4.74 Å². The van der Waals surface area contributed by atoms with Gasteiger partial charge in [0.05, 0.1) is 13.3 Å². The number of ether oxygens (including phenoxy) is 1. The Labute approximate surface area is 179 Å². The number of carbonyl (C=O) groups excluding carboxylic acids is 1. The summed E-state index contributed by atoms with van der Waals surface area (Å²) in [5.41, 5.74) is 2.52. The van der Waals surface area contributed by atoms with Crippen LogP contribution in [0.3, 0.4) is 0 Å². The Morgan fingerprint density at radius 3 is 2.80 bits per heavy atom. The number of aromatic nitrogens is 4. The van der Waals surface area contributed by atoms with Crippen molar-refractivity contribution in [3.05, 3.63) is 36.0 Å². The average molecular weight is 428 g/mol. The van der Waals surface area contributed by atoms with Crippen LogP contribution < -0.4 is 15.0 Å². The van der Waals surface area contributed by atoms with Gasteiger partial charge >= 0.3 is 6.03 Å². The third-order valence-electron chi connectivity index (χ3n) is 5.25. The summed E-state index contributed by atoms with van der Waals surface area (Å²) in [6, 6.07) is 7.47. The zero-order valence-electron chi connectivity index (χ0n) is 17.5. The number of thioether (sulfide) groups is 1. The van der Waals surface area contributed by atoms with Gasteiger partial charge in [-0.2, -0.15) is 14.6 Å². The number of piperazine rings is 1. The molecule has 158 valence electrons. The van der Waals surface area contributed by atoms with Crippen molar-refractivity contribution in [3.8, 4) is 5.75 Å². The number of nitrogens with one attached hydrogen (secondary N) is 1. The molecule has 10 heteroatoms. The number of anilines is 2. The van der Waals surface area contributed by atoms with Gasteiger partial charge < -0.3 is 19.9 Å². The lowest BCUT2D eigenvalue weighted by Gasteiger charge is -2.40. The minimum atomic E-state index is -0.105. The standard InChI is InChI=1S/C20H25N7O2S/c1-13-11-15(29-3)5-6-16(13)22-20(28)25-9-10-26(14(2)12-25)19-24-18(30-4)23-17-7-8-21-27(17)19/h5-8,11,14H,9-10,12H2,1-4H3,(H,22,28). The fraction of sp³-hybridized carbons (Fsp3) is 0.400. The van der Waals surface area contributed by atoms with Crippen LogP contribution in [0.15, 0.2) is 35.6 Å². The molecule has 0 aliphatic carbocycles. The summed E-state index contributed by atoms with van der Waals surface area (Å²) in [6.07, 6.45) is 3.68. The molecule has 1 aliphatic heterocycles. The predicted octanol–water partition coefficient (Wildman–Crippen LogP) is 2.91. The highest BCUT2D eigenvalue weighted by molar-refractivity contribution is 7.98. The van der Waals surface area contributed by atoms with E-state index in [9.17, 15) is 4.79 Å². The maximum Gasteiger partial charge on any atom is 0.321 e. The first kappa shape index (κ1) is 20.3. The molecule has 1 unspecified atom stereocenters. The first-order chi connectivity index (χ1) is 14.5. The molecule has 2 aromatic heterocycles. The molecular formula is C20H25N7O2S. The number of hydrogen-bond donors (Lipinski definition) is 1. The van der Waals surface area contributed by atoms with E-state index in [0.717, 1.165) is 28.6 Å². The molecule has 0 saturated carbocycles. The molecule has 9 nitrogen and oxygen atoms in total.